The van der Waals surface area contributed by atoms with Crippen molar-refractivity contribution in [3.8, 4) is 45.6 Å². The third-order valence-electron chi connectivity index (χ3n) is 7.86. The van der Waals surface area contributed by atoms with Gasteiger partial charge in [0.15, 0.2) is 46.5 Å². The largest absolute Gasteiger partial charge is 2.00 e. The monoisotopic (exact) mass is 770 g/mol. The van der Waals surface area contributed by atoms with Crippen LogP contribution < -0.4 is 9.97 Å². The Morgan fingerprint density at radius 3 is 0.735 bits per heavy atom. The summed E-state index contributed by atoms with van der Waals surface area (Å²) in [6.45, 7) is 0. The number of fused-ring (bicyclic) bond motifs is 20. The third kappa shape index (κ3) is 4.67. The van der Waals surface area contributed by atoms with Gasteiger partial charge in [0.1, 0.15) is 0 Å². The molecule has 2 aliphatic rings. The molecule has 0 radical (unpaired) electrons. The first-order valence-corrected chi connectivity index (χ1v) is 13.7. The predicted octanol–water partition coefficient (Wildman–Crippen LogP) is 7.24. The van der Waals surface area contributed by atoms with E-state index in [1.807, 2.05) is 0 Å². The van der Waals surface area contributed by atoms with Crippen LogP contribution >= 0.6 is 0 Å². The van der Waals surface area contributed by atoms with E-state index in [0.29, 0.717) is 0 Å². The number of hydrogen-bond donors (Lipinski definition) is 0. The fourth-order valence-corrected chi connectivity index (χ4v) is 5.63. The molecule has 0 unspecified atom stereocenters. The SMILES string of the molecule is Fc1cc2c(cc1F)-c1nc-2nc2[n-]c(nc3nc(nc4[n-]c(n1)c1cc(F)c(F)cc41)-c1cc(F)c(F)cc1-3)c1cc(F)c(F)cc21.[Cd+2]. The number of benzene rings is 4. The zero-order chi connectivity index (χ0) is 33.2. The van der Waals surface area contributed by atoms with Crippen LogP contribution in [-0.4, -0.2) is 29.9 Å². The molecule has 5 heterocycles. The first-order chi connectivity index (χ1) is 23.0. The zero-order valence-corrected chi connectivity index (χ0v) is 28.0. The van der Waals surface area contributed by atoms with Crippen molar-refractivity contribution in [3.63, 3.8) is 0 Å². The number of halogens is 8. The maximum Gasteiger partial charge on any atom is 2.00 e. The summed E-state index contributed by atoms with van der Waals surface area (Å²) in [5, 5.41) is -0.287. The van der Waals surface area contributed by atoms with Gasteiger partial charge in [0.25, 0.3) is 0 Å². The second kappa shape index (κ2) is 10.8. The fraction of sp³-hybridized carbons (Fsp3) is 0. The summed E-state index contributed by atoms with van der Waals surface area (Å²) in [5.41, 5.74) is -1.40. The van der Waals surface area contributed by atoms with Crippen LogP contribution in [0.4, 0.5) is 35.1 Å². The third-order valence-corrected chi connectivity index (χ3v) is 7.86. The van der Waals surface area contributed by atoms with Gasteiger partial charge in [-0.15, -0.1) is 0 Å². The summed E-state index contributed by atoms with van der Waals surface area (Å²) < 4.78 is 116. The minimum atomic E-state index is -1.27. The van der Waals surface area contributed by atoms with Gasteiger partial charge in [-0.25, -0.2) is 45.1 Å². The van der Waals surface area contributed by atoms with Crippen molar-refractivity contribution in [3.05, 3.63) is 95.1 Å². The van der Waals surface area contributed by atoms with Gasteiger partial charge >= 0.3 is 27.3 Å². The normalized spacial score (nSPS) is 11.9. The van der Waals surface area contributed by atoms with Crippen LogP contribution in [0.3, 0.4) is 0 Å². The molecule has 0 aliphatic carbocycles. The topological polar surface area (TPSA) is 106 Å². The quantitative estimate of drug-likeness (QED) is 0.118. The Bertz CT molecular complexity index is 2430. The maximum atomic E-state index is 14.5. The van der Waals surface area contributed by atoms with Crippen molar-refractivity contribution in [2.75, 3.05) is 0 Å². The van der Waals surface area contributed by atoms with Crippen LogP contribution in [0.2, 0.25) is 0 Å². The van der Waals surface area contributed by atoms with E-state index in [0.717, 1.165) is 48.5 Å². The molecule has 0 amide bonds. The van der Waals surface area contributed by atoms with E-state index < -0.39 is 46.5 Å². The van der Waals surface area contributed by atoms with E-state index in [4.69, 9.17) is 0 Å². The van der Waals surface area contributed by atoms with E-state index in [1.165, 1.54) is 0 Å². The van der Waals surface area contributed by atoms with Crippen LogP contribution in [-0.2, 0) is 27.3 Å². The van der Waals surface area contributed by atoms with Crippen molar-refractivity contribution in [1.82, 2.24) is 39.9 Å². The van der Waals surface area contributed by atoms with E-state index in [9.17, 15) is 35.1 Å². The van der Waals surface area contributed by atoms with E-state index in [1.54, 1.807) is 0 Å². The standard InChI is InChI=1S/C32H8F8N8.Cd/c33-17-1-9-10(2-18(17)34)26-41-25(9)45-27-11-3-19(35)20(36)4-12(11)29(42-27)47-31-15-7-23(39)24(40)8-16(15)32(44-31)48-30-14-6-22(38)21(37)5-13(14)28(43-30)46-26;/h1-8H;/q-2;+2. The average Bonchev–Trinajstić information content (AvgIpc) is 3.74. The molecule has 0 atom stereocenters. The molecule has 0 saturated heterocycles. The van der Waals surface area contributed by atoms with Gasteiger partial charge < -0.3 is 29.9 Å². The van der Waals surface area contributed by atoms with Crippen LogP contribution in [0.5, 0.6) is 0 Å². The van der Waals surface area contributed by atoms with Crippen LogP contribution in [0.15, 0.2) is 48.5 Å². The van der Waals surface area contributed by atoms with Gasteiger partial charge in [-0.2, -0.15) is 0 Å². The van der Waals surface area contributed by atoms with Gasteiger partial charge in [0.05, 0.1) is 23.3 Å². The van der Waals surface area contributed by atoms with E-state index in [-0.39, 0.29) is 117 Å². The molecule has 7 aromatic rings. The summed E-state index contributed by atoms with van der Waals surface area (Å²) in [7, 11) is 0. The first-order valence-electron chi connectivity index (χ1n) is 13.7. The summed E-state index contributed by atoms with van der Waals surface area (Å²) in [4.78, 5) is 34.6. The van der Waals surface area contributed by atoms with Crippen molar-refractivity contribution in [2.24, 2.45) is 0 Å². The molecule has 8 nitrogen and oxygen atoms in total. The molecule has 2 aliphatic heterocycles. The molecule has 4 aromatic carbocycles. The molecular formula is C32H8CdF8N8. The van der Waals surface area contributed by atoms with Crippen molar-refractivity contribution in [1.29, 1.82) is 0 Å². The average molecular weight is 769 g/mol. The number of nitrogens with zero attached hydrogens (tertiary/aromatic N) is 8. The van der Waals surface area contributed by atoms with Gasteiger partial charge in [-0.1, -0.05) is 0 Å². The summed E-state index contributed by atoms with van der Waals surface area (Å²) in [5.74, 6) is -11.2. The van der Waals surface area contributed by atoms with Gasteiger partial charge in [-0.05, 0) is 70.1 Å². The molecule has 49 heavy (non-hydrogen) atoms. The van der Waals surface area contributed by atoms with Gasteiger partial charge in [0.2, 0.25) is 0 Å². The smallest absolute Gasteiger partial charge is 0.357 e. The van der Waals surface area contributed by atoms with Gasteiger partial charge in [0, 0.05) is 44.8 Å². The van der Waals surface area contributed by atoms with Crippen molar-refractivity contribution in [2.45, 2.75) is 0 Å². The summed E-state index contributed by atoms with van der Waals surface area (Å²) in [6.07, 6.45) is 0. The second-order valence-electron chi connectivity index (χ2n) is 10.7. The molecule has 0 fully saturated rings. The van der Waals surface area contributed by atoms with Crippen molar-refractivity contribution >= 4 is 44.1 Å². The van der Waals surface area contributed by atoms with E-state index in [2.05, 4.69) is 39.9 Å². The van der Waals surface area contributed by atoms with Crippen molar-refractivity contribution < 1.29 is 62.4 Å². The number of hydrogen-bond acceptors (Lipinski definition) is 6. The molecule has 3 aromatic heterocycles. The second-order valence-corrected chi connectivity index (χ2v) is 10.7. The number of rotatable bonds is 0. The molecule has 9 rings (SSSR count). The zero-order valence-electron chi connectivity index (χ0n) is 23.9. The Morgan fingerprint density at radius 2 is 0.510 bits per heavy atom. The Kier molecular flexibility index (Phi) is 6.82. The molecule has 8 bridgehead atoms. The summed E-state index contributed by atoms with van der Waals surface area (Å²) >= 11 is 0. The molecule has 234 valence electrons. The van der Waals surface area contributed by atoms with Crippen LogP contribution in [0.25, 0.3) is 89.7 Å². The predicted molar refractivity (Wildman–Crippen MR) is 154 cm³/mol. The Morgan fingerprint density at radius 1 is 0.306 bits per heavy atom. The molecule has 0 saturated carbocycles. The maximum absolute atomic E-state index is 14.5. The van der Waals surface area contributed by atoms with Crippen LogP contribution in [0, 0.1) is 46.5 Å². The Labute approximate surface area is 286 Å². The van der Waals surface area contributed by atoms with Crippen LogP contribution in [0.1, 0.15) is 0 Å². The van der Waals surface area contributed by atoms with E-state index >= 15 is 0 Å². The Balaban J connectivity index is 0.00000348. The Hall–Kier alpha value is -5.40. The molecule has 0 N–H and O–H groups in total. The minimum Gasteiger partial charge on any atom is -0.357 e. The summed E-state index contributed by atoms with van der Waals surface area (Å²) in [6, 6.07) is 6.35. The molecular weight excluding hydrogens is 761 g/mol. The number of aromatic nitrogens is 8. The first kappa shape index (κ1) is 30.9. The molecule has 0 spiro atoms. The van der Waals surface area contributed by atoms with Gasteiger partial charge in [-0.3, -0.25) is 0 Å². The minimum absolute atomic E-state index is 0. The fourth-order valence-electron chi connectivity index (χ4n) is 5.63. The molecule has 17 heteroatoms.